The first kappa shape index (κ1) is 14.8. The Bertz CT molecular complexity index is 470. The lowest BCUT2D eigenvalue weighted by Crippen LogP contribution is -2.52. The molecule has 0 aromatic carbocycles. The van der Waals surface area contributed by atoms with Crippen LogP contribution in [0.4, 0.5) is 4.79 Å². The molecule has 0 saturated carbocycles. The molecule has 1 saturated heterocycles. The van der Waals surface area contributed by atoms with Gasteiger partial charge in [-0.25, -0.2) is 4.79 Å². The zero-order valence-electron chi connectivity index (χ0n) is 12.7. The van der Waals surface area contributed by atoms with Crippen molar-refractivity contribution in [3.8, 4) is 0 Å². The molecule has 0 radical (unpaired) electrons. The second-order valence-corrected chi connectivity index (χ2v) is 6.54. The molecule has 0 bridgehead atoms. The minimum absolute atomic E-state index is 0.00315. The van der Waals surface area contributed by atoms with Gasteiger partial charge in [-0.05, 0) is 27.7 Å². The van der Waals surface area contributed by atoms with Crippen LogP contribution in [-0.2, 0) is 11.3 Å². The number of carbonyl (C=O) groups is 1. The summed E-state index contributed by atoms with van der Waals surface area (Å²) in [6.45, 7) is 9.83. The Balaban J connectivity index is 1.77. The SMILES string of the molecule is C[C@H](N)c1cnn(CC2CN(C(=O)OC(C)(C)C)C2)c1. The highest BCUT2D eigenvalue weighted by atomic mass is 16.6. The second kappa shape index (κ2) is 5.44. The Kier molecular flexibility index (Phi) is 4.04. The maximum absolute atomic E-state index is 11.8. The Labute approximate surface area is 119 Å². The summed E-state index contributed by atoms with van der Waals surface area (Å²) in [6, 6.07) is 0.00315. The van der Waals surface area contributed by atoms with E-state index in [2.05, 4.69) is 5.10 Å². The average molecular weight is 280 g/mol. The molecule has 1 aliphatic heterocycles. The summed E-state index contributed by atoms with van der Waals surface area (Å²) in [5.74, 6) is 0.434. The number of likely N-dealkylation sites (tertiary alicyclic amines) is 1. The van der Waals surface area contributed by atoms with Crippen LogP contribution in [0.2, 0.25) is 0 Å². The number of amides is 1. The molecule has 0 spiro atoms. The molecule has 2 rings (SSSR count). The highest BCUT2D eigenvalue weighted by molar-refractivity contribution is 5.69. The summed E-state index contributed by atoms with van der Waals surface area (Å²) >= 11 is 0. The maximum atomic E-state index is 11.8. The average Bonchev–Trinajstić information content (AvgIpc) is 2.68. The molecule has 0 aliphatic carbocycles. The predicted octanol–water partition coefficient (Wildman–Crippen LogP) is 1.77. The van der Waals surface area contributed by atoms with Crippen LogP contribution in [0.5, 0.6) is 0 Å². The molecule has 112 valence electrons. The molecule has 6 nitrogen and oxygen atoms in total. The molecule has 1 aromatic heterocycles. The van der Waals surface area contributed by atoms with Gasteiger partial charge in [-0.1, -0.05) is 0 Å². The molecular formula is C14H24N4O2. The molecule has 0 unspecified atom stereocenters. The van der Waals surface area contributed by atoms with E-state index in [9.17, 15) is 4.79 Å². The summed E-state index contributed by atoms with van der Waals surface area (Å²) in [5.41, 5.74) is 6.40. The van der Waals surface area contributed by atoms with E-state index in [-0.39, 0.29) is 12.1 Å². The molecule has 20 heavy (non-hydrogen) atoms. The molecule has 1 atom stereocenters. The van der Waals surface area contributed by atoms with Gasteiger partial charge in [0.05, 0.1) is 6.20 Å². The van der Waals surface area contributed by atoms with Gasteiger partial charge in [-0.2, -0.15) is 5.10 Å². The van der Waals surface area contributed by atoms with Crippen LogP contribution in [0.1, 0.15) is 39.3 Å². The largest absolute Gasteiger partial charge is 0.444 e. The van der Waals surface area contributed by atoms with Crippen molar-refractivity contribution in [2.45, 2.75) is 45.9 Å². The van der Waals surface area contributed by atoms with Crippen LogP contribution in [0.3, 0.4) is 0 Å². The number of rotatable bonds is 3. The van der Waals surface area contributed by atoms with Gasteiger partial charge in [0, 0.05) is 43.4 Å². The number of aromatic nitrogens is 2. The first-order chi connectivity index (χ1) is 9.24. The lowest BCUT2D eigenvalue weighted by molar-refractivity contribution is -0.00383. The van der Waals surface area contributed by atoms with E-state index in [0.29, 0.717) is 5.92 Å². The number of hydrogen-bond donors (Lipinski definition) is 1. The van der Waals surface area contributed by atoms with Gasteiger partial charge in [0.15, 0.2) is 0 Å². The number of nitrogens with zero attached hydrogens (tertiary/aromatic N) is 3. The third-order valence-corrected chi connectivity index (χ3v) is 3.23. The molecule has 1 aliphatic rings. The Morgan fingerprint density at radius 3 is 2.70 bits per heavy atom. The normalized spacial score (nSPS) is 17.8. The second-order valence-electron chi connectivity index (χ2n) is 6.54. The molecule has 2 N–H and O–H groups in total. The number of carbonyl (C=O) groups excluding carboxylic acids is 1. The third kappa shape index (κ3) is 3.72. The fourth-order valence-corrected chi connectivity index (χ4v) is 2.14. The van der Waals surface area contributed by atoms with Crippen molar-refractivity contribution in [1.29, 1.82) is 0 Å². The lowest BCUT2D eigenvalue weighted by atomic mass is 10.0. The summed E-state index contributed by atoms with van der Waals surface area (Å²) in [6.07, 6.45) is 3.54. The fourth-order valence-electron chi connectivity index (χ4n) is 2.14. The van der Waals surface area contributed by atoms with E-state index < -0.39 is 5.60 Å². The van der Waals surface area contributed by atoms with Crippen LogP contribution < -0.4 is 5.73 Å². The van der Waals surface area contributed by atoms with Crippen LogP contribution in [0, 0.1) is 5.92 Å². The van der Waals surface area contributed by atoms with Crippen LogP contribution in [0.15, 0.2) is 12.4 Å². The van der Waals surface area contributed by atoms with E-state index in [0.717, 1.165) is 25.2 Å². The summed E-state index contributed by atoms with van der Waals surface area (Å²) in [7, 11) is 0. The van der Waals surface area contributed by atoms with Gasteiger partial charge in [-0.15, -0.1) is 0 Å². The number of ether oxygens (including phenoxy) is 1. The molecule has 1 aromatic rings. The van der Waals surface area contributed by atoms with Gasteiger partial charge >= 0.3 is 6.09 Å². The minimum Gasteiger partial charge on any atom is -0.444 e. The molecule has 6 heteroatoms. The molecular weight excluding hydrogens is 256 g/mol. The van der Waals surface area contributed by atoms with Gasteiger partial charge < -0.3 is 15.4 Å². The van der Waals surface area contributed by atoms with Crippen molar-refractivity contribution in [2.75, 3.05) is 13.1 Å². The first-order valence-corrected chi connectivity index (χ1v) is 7.00. The minimum atomic E-state index is -0.434. The molecule has 1 amide bonds. The molecule has 1 fully saturated rings. The smallest absolute Gasteiger partial charge is 0.410 e. The number of hydrogen-bond acceptors (Lipinski definition) is 4. The Morgan fingerprint density at radius 2 is 2.20 bits per heavy atom. The van der Waals surface area contributed by atoms with Crippen molar-refractivity contribution < 1.29 is 9.53 Å². The highest BCUT2D eigenvalue weighted by Crippen LogP contribution is 2.21. The highest BCUT2D eigenvalue weighted by Gasteiger charge is 2.33. The van der Waals surface area contributed by atoms with Crippen molar-refractivity contribution in [1.82, 2.24) is 14.7 Å². The van der Waals surface area contributed by atoms with E-state index in [4.69, 9.17) is 10.5 Å². The van der Waals surface area contributed by atoms with Crippen molar-refractivity contribution >= 4 is 6.09 Å². The molecule has 2 heterocycles. The van der Waals surface area contributed by atoms with E-state index >= 15 is 0 Å². The summed E-state index contributed by atoms with van der Waals surface area (Å²) in [5, 5.41) is 4.29. The maximum Gasteiger partial charge on any atom is 0.410 e. The van der Waals surface area contributed by atoms with Crippen molar-refractivity contribution in [3.05, 3.63) is 18.0 Å². The Morgan fingerprint density at radius 1 is 1.55 bits per heavy atom. The van der Waals surface area contributed by atoms with Crippen LogP contribution in [0.25, 0.3) is 0 Å². The van der Waals surface area contributed by atoms with E-state index in [1.54, 1.807) is 11.1 Å². The zero-order valence-corrected chi connectivity index (χ0v) is 12.7. The summed E-state index contributed by atoms with van der Waals surface area (Å²) in [4.78, 5) is 13.5. The summed E-state index contributed by atoms with van der Waals surface area (Å²) < 4.78 is 7.22. The quantitative estimate of drug-likeness (QED) is 0.915. The third-order valence-electron chi connectivity index (χ3n) is 3.23. The fraction of sp³-hybridized carbons (Fsp3) is 0.714. The zero-order chi connectivity index (χ0) is 14.9. The first-order valence-electron chi connectivity index (χ1n) is 7.00. The van der Waals surface area contributed by atoms with Gasteiger partial charge in [-0.3, -0.25) is 4.68 Å². The number of nitrogens with two attached hydrogens (primary N) is 1. The monoisotopic (exact) mass is 280 g/mol. The predicted molar refractivity (Wildman–Crippen MR) is 76.1 cm³/mol. The van der Waals surface area contributed by atoms with E-state index in [1.807, 2.05) is 38.6 Å². The van der Waals surface area contributed by atoms with E-state index in [1.165, 1.54) is 0 Å². The Hall–Kier alpha value is -1.56. The van der Waals surface area contributed by atoms with Crippen molar-refractivity contribution in [2.24, 2.45) is 11.7 Å². The van der Waals surface area contributed by atoms with Gasteiger partial charge in [0.2, 0.25) is 0 Å². The lowest BCUT2D eigenvalue weighted by Gasteiger charge is -2.39. The van der Waals surface area contributed by atoms with Crippen LogP contribution in [-0.4, -0.2) is 39.5 Å². The van der Waals surface area contributed by atoms with Gasteiger partial charge in [0.25, 0.3) is 0 Å². The standard InChI is InChI=1S/C14H24N4O2/c1-10(15)12-5-16-18(9-12)8-11-6-17(7-11)13(19)20-14(2,3)4/h5,9-11H,6-8,15H2,1-4H3/t10-/m0/s1. The van der Waals surface area contributed by atoms with Crippen molar-refractivity contribution in [3.63, 3.8) is 0 Å². The van der Waals surface area contributed by atoms with Gasteiger partial charge in [0.1, 0.15) is 5.60 Å². The topological polar surface area (TPSA) is 73.4 Å². The van der Waals surface area contributed by atoms with Crippen LogP contribution >= 0.6 is 0 Å².